The van der Waals surface area contributed by atoms with Gasteiger partial charge >= 0.3 is 12.1 Å². The van der Waals surface area contributed by atoms with Crippen LogP contribution in [-0.2, 0) is 11.0 Å². The molecule has 1 N–H and O–H groups in total. The number of aromatic nitrogens is 2. The number of carbonyl (C=O) groups is 3. The lowest BCUT2D eigenvalue weighted by atomic mass is 9.74. The van der Waals surface area contributed by atoms with Crippen LogP contribution in [0, 0.1) is 16.6 Å². The minimum absolute atomic E-state index is 0.0108. The molecule has 0 spiro atoms. The van der Waals surface area contributed by atoms with Crippen molar-refractivity contribution < 1.29 is 37.1 Å². The predicted molar refractivity (Wildman–Crippen MR) is 148 cm³/mol. The summed E-state index contributed by atoms with van der Waals surface area (Å²) in [5.41, 5.74) is -3.64. The summed E-state index contributed by atoms with van der Waals surface area (Å²) >= 11 is 12.2. The number of carboxylic acid groups (broad SMARTS) is 1. The first kappa shape index (κ1) is 32.3. The number of aliphatic carboxylic acids is 1. The van der Waals surface area contributed by atoms with Crippen LogP contribution in [0.15, 0.2) is 18.3 Å². The molecule has 0 saturated heterocycles. The second-order valence-corrected chi connectivity index (χ2v) is 13.0. The fraction of sp³-hybridized carbons (Fsp3) is 0.586. The van der Waals surface area contributed by atoms with E-state index in [0.29, 0.717) is 0 Å². The van der Waals surface area contributed by atoms with Gasteiger partial charge in [0.25, 0.3) is 5.91 Å². The van der Waals surface area contributed by atoms with Crippen molar-refractivity contribution in [3.05, 3.63) is 51.0 Å². The molecule has 1 aromatic carbocycles. The van der Waals surface area contributed by atoms with E-state index in [1.807, 2.05) is 6.92 Å². The first-order valence-corrected chi connectivity index (χ1v) is 14.7. The van der Waals surface area contributed by atoms with Crippen LogP contribution in [0.4, 0.5) is 17.6 Å². The third kappa shape index (κ3) is 6.77. The number of carboxylic acids is 1. The Hall–Kier alpha value is -2.66. The van der Waals surface area contributed by atoms with Gasteiger partial charge in [-0.25, -0.2) is 4.39 Å². The van der Waals surface area contributed by atoms with Gasteiger partial charge in [-0.2, -0.15) is 18.3 Å². The van der Waals surface area contributed by atoms with Crippen molar-refractivity contribution >= 4 is 40.9 Å². The van der Waals surface area contributed by atoms with Crippen LogP contribution in [0.1, 0.15) is 104 Å². The van der Waals surface area contributed by atoms with Gasteiger partial charge in [-0.05, 0) is 63.0 Å². The third-order valence-corrected chi connectivity index (χ3v) is 9.35. The standard InChI is InChI=1S/C29H33Cl2F4N3O4/c1-27(8-4-3-5-9-27)16-37(15-22(39)23-20(30)12-17(32)13-21(23)31)25(40)19-14-36-38(24(19)29(33,34)35)18-6-10-28(2,11-7-18)26(41)42/h12-14,18H,3-11,15-16H2,1-2H3,(H,41,42)/t18-,28-. The van der Waals surface area contributed by atoms with E-state index in [1.165, 1.54) is 0 Å². The van der Waals surface area contributed by atoms with Crippen molar-refractivity contribution in [2.24, 2.45) is 10.8 Å². The van der Waals surface area contributed by atoms with Crippen LogP contribution in [-0.4, -0.2) is 50.5 Å². The average molecular weight is 634 g/mol. The number of nitrogens with zero attached hydrogens (tertiary/aromatic N) is 3. The molecule has 1 heterocycles. The molecule has 230 valence electrons. The maximum absolute atomic E-state index is 14.5. The van der Waals surface area contributed by atoms with Crippen LogP contribution in [0.25, 0.3) is 0 Å². The molecule has 2 saturated carbocycles. The zero-order valence-corrected chi connectivity index (χ0v) is 24.9. The van der Waals surface area contributed by atoms with Crippen molar-refractivity contribution in [1.29, 1.82) is 0 Å². The molecule has 7 nitrogen and oxygen atoms in total. The Labute approximate surface area is 251 Å². The second-order valence-electron chi connectivity index (χ2n) is 12.1. The second kappa shape index (κ2) is 12.1. The number of carbonyl (C=O) groups excluding carboxylic acids is 2. The first-order chi connectivity index (χ1) is 19.5. The lowest BCUT2D eigenvalue weighted by Gasteiger charge is -2.38. The van der Waals surface area contributed by atoms with E-state index in [-0.39, 0.29) is 47.8 Å². The number of amides is 1. The molecular formula is C29H33Cl2F4N3O4. The number of benzene rings is 1. The lowest BCUT2D eigenvalue weighted by molar-refractivity contribution is -0.152. The summed E-state index contributed by atoms with van der Waals surface area (Å²) < 4.78 is 58.2. The van der Waals surface area contributed by atoms with E-state index in [4.69, 9.17) is 23.2 Å². The summed E-state index contributed by atoms with van der Waals surface area (Å²) in [4.78, 5) is 40.0. The Morgan fingerprint density at radius 1 is 1.05 bits per heavy atom. The SMILES string of the molecule is CC1(CN(CC(=O)c2c(Cl)cc(F)cc2Cl)C(=O)c2cnn([C@H]3CC[C@](C)(C(=O)O)CC3)c2C(F)(F)F)CCCCC1. The third-order valence-electron chi connectivity index (χ3n) is 8.76. The quantitative estimate of drug-likeness (QED) is 0.236. The monoisotopic (exact) mass is 633 g/mol. The highest BCUT2D eigenvalue weighted by atomic mass is 35.5. The minimum Gasteiger partial charge on any atom is -0.481 e. The fourth-order valence-electron chi connectivity index (χ4n) is 6.23. The van der Waals surface area contributed by atoms with Gasteiger partial charge in [-0.15, -0.1) is 0 Å². The number of rotatable bonds is 8. The summed E-state index contributed by atoms with van der Waals surface area (Å²) in [5, 5.41) is 13.0. The summed E-state index contributed by atoms with van der Waals surface area (Å²) in [6.45, 7) is 2.89. The largest absolute Gasteiger partial charge is 0.481 e. The number of halogens is 6. The summed E-state index contributed by atoms with van der Waals surface area (Å²) in [5.74, 6) is -3.53. The minimum atomic E-state index is -4.96. The topological polar surface area (TPSA) is 92.5 Å². The van der Waals surface area contributed by atoms with Crippen LogP contribution in [0.5, 0.6) is 0 Å². The summed E-state index contributed by atoms with van der Waals surface area (Å²) in [6.07, 6.45) is 0.713. The van der Waals surface area contributed by atoms with Crippen molar-refractivity contribution in [3.63, 3.8) is 0 Å². The molecule has 1 amide bonds. The summed E-state index contributed by atoms with van der Waals surface area (Å²) in [7, 11) is 0. The molecule has 1 aromatic heterocycles. The van der Waals surface area contributed by atoms with Crippen LogP contribution >= 0.6 is 23.2 Å². The number of hydrogen-bond donors (Lipinski definition) is 1. The smallest absolute Gasteiger partial charge is 0.433 e. The van der Waals surface area contributed by atoms with E-state index in [0.717, 1.165) is 60.0 Å². The fourth-order valence-corrected chi connectivity index (χ4v) is 6.90. The van der Waals surface area contributed by atoms with Crippen LogP contribution in [0.3, 0.4) is 0 Å². The number of Topliss-reactive ketones (excluding diaryl/α,β-unsaturated/α-hetero) is 1. The van der Waals surface area contributed by atoms with E-state index >= 15 is 0 Å². The Morgan fingerprint density at radius 2 is 1.62 bits per heavy atom. The zero-order chi connectivity index (χ0) is 31.0. The first-order valence-electron chi connectivity index (χ1n) is 13.9. The number of ketones is 1. The number of alkyl halides is 3. The average Bonchev–Trinajstić information content (AvgIpc) is 3.34. The Kier molecular flexibility index (Phi) is 9.33. The van der Waals surface area contributed by atoms with Crippen molar-refractivity contribution in [1.82, 2.24) is 14.7 Å². The van der Waals surface area contributed by atoms with Gasteiger partial charge in [0, 0.05) is 6.54 Å². The Balaban J connectivity index is 1.70. The van der Waals surface area contributed by atoms with Gasteiger partial charge in [0.2, 0.25) is 0 Å². The molecule has 0 atom stereocenters. The molecule has 2 aromatic rings. The predicted octanol–water partition coefficient (Wildman–Crippen LogP) is 7.85. The van der Waals surface area contributed by atoms with E-state index in [1.54, 1.807) is 6.92 Å². The lowest BCUT2D eigenvalue weighted by Crippen LogP contribution is -2.44. The van der Waals surface area contributed by atoms with E-state index in [9.17, 15) is 37.1 Å². The molecule has 0 bridgehead atoms. The maximum atomic E-state index is 14.5. The van der Waals surface area contributed by atoms with E-state index in [2.05, 4.69) is 5.10 Å². The molecule has 13 heteroatoms. The highest BCUT2D eigenvalue weighted by Crippen LogP contribution is 2.44. The van der Waals surface area contributed by atoms with Crippen molar-refractivity contribution in [3.8, 4) is 0 Å². The summed E-state index contributed by atoms with van der Waals surface area (Å²) in [6, 6.07) is 1.06. The van der Waals surface area contributed by atoms with Gasteiger partial charge in [-0.1, -0.05) is 49.4 Å². The van der Waals surface area contributed by atoms with Gasteiger partial charge < -0.3 is 10.0 Å². The highest BCUT2D eigenvalue weighted by molar-refractivity contribution is 6.40. The molecule has 0 aliphatic heterocycles. The van der Waals surface area contributed by atoms with Gasteiger partial charge in [0.15, 0.2) is 11.5 Å². The van der Waals surface area contributed by atoms with Crippen molar-refractivity contribution in [2.45, 2.75) is 83.9 Å². The van der Waals surface area contributed by atoms with E-state index < -0.39 is 64.3 Å². The Morgan fingerprint density at radius 3 is 2.14 bits per heavy atom. The van der Waals surface area contributed by atoms with Gasteiger partial charge in [0.1, 0.15) is 5.82 Å². The normalized spacial score (nSPS) is 22.5. The number of hydrogen-bond acceptors (Lipinski definition) is 4. The molecular weight excluding hydrogens is 601 g/mol. The molecule has 42 heavy (non-hydrogen) atoms. The Bertz CT molecular complexity index is 1340. The zero-order valence-electron chi connectivity index (χ0n) is 23.4. The van der Waals surface area contributed by atoms with Crippen LogP contribution in [0.2, 0.25) is 10.0 Å². The molecule has 2 aliphatic rings. The van der Waals surface area contributed by atoms with Crippen molar-refractivity contribution in [2.75, 3.05) is 13.1 Å². The molecule has 0 radical (unpaired) electrons. The molecule has 2 fully saturated rings. The highest BCUT2D eigenvalue weighted by Gasteiger charge is 2.45. The maximum Gasteiger partial charge on any atom is 0.433 e. The molecule has 0 unspecified atom stereocenters. The van der Waals surface area contributed by atoms with Gasteiger partial charge in [-0.3, -0.25) is 19.1 Å². The van der Waals surface area contributed by atoms with Gasteiger partial charge in [0.05, 0.1) is 45.4 Å². The molecule has 2 aliphatic carbocycles. The molecule has 4 rings (SSSR count). The van der Waals surface area contributed by atoms with Crippen LogP contribution < -0.4 is 0 Å².